The molecule has 1 aromatic carbocycles. The molecule has 1 N–H and O–H groups in total. The fraction of sp³-hybridized carbons (Fsp3) is 0.111. The first-order chi connectivity index (χ1) is 11.7. The normalized spacial score (nSPS) is 10.3. The fourth-order valence-corrected chi connectivity index (χ4v) is 2.24. The molecular formula is C18H16N4O2. The standard InChI is InChI=1S/C18H16N4O2/c23-17-9-8-16(15-7-4-10-19-13-15)21-22(17)12-11-20-18(24)14-5-2-1-3-6-14/h1-10,13H,11-12H2,(H,20,24). The maximum Gasteiger partial charge on any atom is 0.266 e. The van der Waals surface area contributed by atoms with Gasteiger partial charge in [-0.25, -0.2) is 4.68 Å². The van der Waals surface area contributed by atoms with Gasteiger partial charge < -0.3 is 5.32 Å². The Morgan fingerprint density at radius 3 is 2.62 bits per heavy atom. The molecule has 2 aromatic heterocycles. The average Bonchev–Trinajstić information content (AvgIpc) is 2.64. The first kappa shape index (κ1) is 15.6. The second-order valence-electron chi connectivity index (χ2n) is 5.14. The lowest BCUT2D eigenvalue weighted by atomic mass is 10.2. The van der Waals surface area contributed by atoms with E-state index >= 15 is 0 Å². The number of rotatable bonds is 5. The van der Waals surface area contributed by atoms with E-state index in [2.05, 4.69) is 15.4 Å². The Balaban J connectivity index is 1.67. The van der Waals surface area contributed by atoms with Crippen LogP contribution < -0.4 is 10.9 Å². The van der Waals surface area contributed by atoms with Gasteiger partial charge in [-0.05, 0) is 30.3 Å². The van der Waals surface area contributed by atoms with E-state index < -0.39 is 0 Å². The van der Waals surface area contributed by atoms with Gasteiger partial charge in [-0.15, -0.1) is 0 Å². The first-order valence-corrected chi connectivity index (χ1v) is 7.56. The number of hydrogen-bond donors (Lipinski definition) is 1. The number of carbonyl (C=O) groups excluding carboxylic acids is 1. The van der Waals surface area contributed by atoms with Crippen LogP contribution in [-0.2, 0) is 6.54 Å². The molecule has 3 aromatic rings. The Labute approximate surface area is 138 Å². The molecule has 0 aliphatic heterocycles. The van der Waals surface area contributed by atoms with E-state index in [1.54, 1.807) is 42.7 Å². The molecule has 3 rings (SSSR count). The van der Waals surface area contributed by atoms with E-state index in [0.29, 0.717) is 24.3 Å². The van der Waals surface area contributed by atoms with Crippen molar-refractivity contribution in [2.45, 2.75) is 6.54 Å². The number of amides is 1. The molecule has 0 aliphatic carbocycles. The minimum atomic E-state index is -0.211. The number of hydrogen-bond acceptors (Lipinski definition) is 4. The number of carbonyl (C=O) groups is 1. The molecule has 0 unspecified atom stereocenters. The van der Waals surface area contributed by atoms with Crippen LogP contribution in [-0.4, -0.2) is 27.2 Å². The van der Waals surface area contributed by atoms with E-state index in [-0.39, 0.29) is 11.5 Å². The SMILES string of the molecule is O=C(NCCn1nc(-c2cccnc2)ccc1=O)c1ccccc1. The van der Waals surface area contributed by atoms with Crippen molar-refractivity contribution in [2.75, 3.05) is 6.54 Å². The predicted octanol–water partition coefficient (Wildman–Crippen LogP) is 1.74. The first-order valence-electron chi connectivity index (χ1n) is 7.56. The summed E-state index contributed by atoms with van der Waals surface area (Å²) in [5.74, 6) is -0.174. The molecule has 6 heteroatoms. The van der Waals surface area contributed by atoms with Gasteiger partial charge in [-0.1, -0.05) is 18.2 Å². The number of aromatic nitrogens is 3. The van der Waals surface area contributed by atoms with Gasteiger partial charge in [-0.3, -0.25) is 14.6 Å². The van der Waals surface area contributed by atoms with E-state index in [0.717, 1.165) is 5.56 Å². The minimum Gasteiger partial charge on any atom is -0.350 e. The predicted molar refractivity (Wildman–Crippen MR) is 90.5 cm³/mol. The van der Waals surface area contributed by atoms with Crippen LogP contribution in [0.3, 0.4) is 0 Å². The van der Waals surface area contributed by atoms with Crippen LogP contribution in [0, 0.1) is 0 Å². The zero-order chi connectivity index (χ0) is 16.8. The second-order valence-corrected chi connectivity index (χ2v) is 5.14. The zero-order valence-corrected chi connectivity index (χ0v) is 12.9. The fourth-order valence-electron chi connectivity index (χ4n) is 2.24. The van der Waals surface area contributed by atoms with Crippen LogP contribution in [0.15, 0.2) is 71.8 Å². The van der Waals surface area contributed by atoms with Crippen molar-refractivity contribution < 1.29 is 4.79 Å². The van der Waals surface area contributed by atoms with Gasteiger partial charge in [0.15, 0.2) is 0 Å². The lowest BCUT2D eigenvalue weighted by molar-refractivity contribution is 0.0952. The Hall–Kier alpha value is -3.28. The van der Waals surface area contributed by atoms with Crippen LogP contribution in [0.5, 0.6) is 0 Å². The van der Waals surface area contributed by atoms with Crippen LogP contribution in [0.2, 0.25) is 0 Å². The molecule has 1 amide bonds. The van der Waals surface area contributed by atoms with Gasteiger partial charge in [-0.2, -0.15) is 5.10 Å². The molecule has 120 valence electrons. The van der Waals surface area contributed by atoms with Crippen molar-refractivity contribution in [3.63, 3.8) is 0 Å². The summed E-state index contributed by atoms with van der Waals surface area (Å²) in [6.45, 7) is 0.614. The van der Waals surface area contributed by atoms with Crippen LogP contribution >= 0.6 is 0 Å². The molecule has 0 saturated carbocycles. The third-order valence-corrected chi connectivity index (χ3v) is 3.47. The molecule has 24 heavy (non-hydrogen) atoms. The van der Waals surface area contributed by atoms with E-state index in [4.69, 9.17) is 0 Å². The Morgan fingerprint density at radius 2 is 1.88 bits per heavy atom. The van der Waals surface area contributed by atoms with E-state index in [1.165, 1.54) is 10.7 Å². The highest BCUT2D eigenvalue weighted by Crippen LogP contribution is 2.12. The molecule has 0 radical (unpaired) electrons. The molecule has 0 fully saturated rings. The maximum atomic E-state index is 12.0. The summed E-state index contributed by atoms with van der Waals surface area (Å²) >= 11 is 0. The van der Waals surface area contributed by atoms with Gasteiger partial charge in [0, 0.05) is 36.1 Å². The molecule has 2 heterocycles. The quantitative estimate of drug-likeness (QED) is 0.777. The lowest BCUT2D eigenvalue weighted by Gasteiger charge is -2.08. The van der Waals surface area contributed by atoms with Crippen LogP contribution in [0.1, 0.15) is 10.4 Å². The summed E-state index contributed by atoms with van der Waals surface area (Å²) in [6.07, 6.45) is 3.37. The van der Waals surface area contributed by atoms with Crippen molar-refractivity contribution in [1.82, 2.24) is 20.1 Å². The van der Waals surface area contributed by atoms with Crippen molar-refractivity contribution in [3.8, 4) is 11.3 Å². The van der Waals surface area contributed by atoms with Crippen LogP contribution in [0.4, 0.5) is 0 Å². The molecule has 0 spiro atoms. The van der Waals surface area contributed by atoms with Gasteiger partial charge in [0.1, 0.15) is 0 Å². The monoisotopic (exact) mass is 320 g/mol. The average molecular weight is 320 g/mol. The molecule has 0 atom stereocenters. The third-order valence-electron chi connectivity index (χ3n) is 3.47. The largest absolute Gasteiger partial charge is 0.350 e. The lowest BCUT2D eigenvalue weighted by Crippen LogP contribution is -2.31. The molecule has 0 aliphatic rings. The maximum absolute atomic E-state index is 12.0. The highest BCUT2D eigenvalue weighted by atomic mass is 16.1. The smallest absolute Gasteiger partial charge is 0.266 e. The molecule has 0 bridgehead atoms. The van der Waals surface area contributed by atoms with Crippen molar-refractivity contribution in [1.29, 1.82) is 0 Å². The number of nitrogens with zero attached hydrogens (tertiary/aromatic N) is 3. The third kappa shape index (κ3) is 3.73. The minimum absolute atomic E-state index is 0.174. The molecular weight excluding hydrogens is 304 g/mol. The topological polar surface area (TPSA) is 76.9 Å². The summed E-state index contributed by atoms with van der Waals surface area (Å²) < 4.78 is 1.34. The number of nitrogens with one attached hydrogen (secondary N) is 1. The highest BCUT2D eigenvalue weighted by Gasteiger charge is 2.06. The van der Waals surface area contributed by atoms with Gasteiger partial charge >= 0.3 is 0 Å². The van der Waals surface area contributed by atoms with Crippen LogP contribution in [0.25, 0.3) is 11.3 Å². The summed E-state index contributed by atoms with van der Waals surface area (Å²) in [7, 11) is 0. The Kier molecular flexibility index (Phi) is 4.76. The zero-order valence-electron chi connectivity index (χ0n) is 12.9. The second kappa shape index (κ2) is 7.32. The summed E-state index contributed by atoms with van der Waals surface area (Å²) in [6, 6.07) is 15.8. The number of pyridine rings is 1. The molecule has 0 saturated heterocycles. The van der Waals surface area contributed by atoms with Crippen molar-refractivity contribution >= 4 is 5.91 Å². The Bertz CT molecular complexity index is 876. The van der Waals surface area contributed by atoms with Crippen molar-refractivity contribution in [3.05, 3.63) is 82.9 Å². The van der Waals surface area contributed by atoms with Gasteiger partial charge in [0.2, 0.25) is 0 Å². The summed E-state index contributed by atoms with van der Waals surface area (Å²) in [4.78, 5) is 27.9. The highest BCUT2D eigenvalue weighted by molar-refractivity contribution is 5.94. The summed E-state index contributed by atoms with van der Waals surface area (Å²) in [5.41, 5.74) is 1.87. The van der Waals surface area contributed by atoms with Gasteiger partial charge in [0.25, 0.3) is 11.5 Å². The molecule has 6 nitrogen and oxygen atoms in total. The number of benzene rings is 1. The van der Waals surface area contributed by atoms with Crippen molar-refractivity contribution in [2.24, 2.45) is 0 Å². The summed E-state index contributed by atoms with van der Waals surface area (Å²) in [5, 5.41) is 7.11. The Morgan fingerprint density at radius 1 is 1.04 bits per heavy atom. The van der Waals surface area contributed by atoms with E-state index in [1.807, 2.05) is 18.2 Å². The van der Waals surface area contributed by atoms with E-state index in [9.17, 15) is 9.59 Å². The van der Waals surface area contributed by atoms with Gasteiger partial charge in [0.05, 0.1) is 12.2 Å².